The second-order valence-electron chi connectivity index (χ2n) is 8.41. The maximum Gasteiger partial charge on any atom is 0.317 e. The van der Waals surface area contributed by atoms with Gasteiger partial charge in [-0.1, -0.05) is 18.2 Å². The van der Waals surface area contributed by atoms with Crippen LogP contribution >= 0.6 is 0 Å². The van der Waals surface area contributed by atoms with Crippen LogP contribution in [0.15, 0.2) is 24.3 Å². The molecule has 2 aromatic rings. The summed E-state index contributed by atoms with van der Waals surface area (Å²) in [5, 5.41) is 21.7. The van der Waals surface area contributed by atoms with Gasteiger partial charge >= 0.3 is 5.97 Å². The van der Waals surface area contributed by atoms with Crippen molar-refractivity contribution < 1.29 is 9.90 Å². The SMILES string of the molecule is CC(CCc1[nH]nc2ccccc12)NC1CC(N(CC(=O)O)CC2CC2)C1. The molecule has 2 saturated carbocycles. The number of fused-ring (bicyclic) bond motifs is 1. The van der Waals surface area contributed by atoms with Crippen LogP contribution in [0.5, 0.6) is 0 Å². The minimum atomic E-state index is -0.702. The first kappa shape index (κ1) is 18.4. The predicted molar refractivity (Wildman–Crippen MR) is 106 cm³/mol. The summed E-state index contributed by atoms with van der Waals surface area (Å²) in [7, 11) is 0. The van der Waals surface area contributed by atoms with Gasteiger partial charge in [-0.2, -0.15) is 5.10 Å². The van der Waals surface area contributed by atoms with Gasteiger partial charge in [0.05, 0.1) is 12.1 Å². The first-order valence-corrected chi connectivity index (χ1v) is 10.2. The molecule has 0 saturated heterocycles. The summed E-state index contributed by atoms with van der Waals surface area (Å²) in [6.07, 6.45) is 6.72. The van der Waals surface area contributed by atoms with Crippen LogP contribution in [0.25, 0.3) is 10.9 Å². The van der Waals surface area contributed by atoms with Crippen molar-refractivity contribution in [1.82, 2.24) is 20.4 Å². The summed E-state index contributed by atoms with van der Waals surface area (Å²) in [4.78, 5) is 13.3. The van der Waals surface area contributed by atoms with Crippen molar-refractivity contribution in [1.29, 1.82) is 0 Å². The van der Waals surface area contributed by atoms with E-state index >= 15 is 0 Å². The molecule has 1 heterocycles. The van der Waals surface area contributed by atoms with Gasteiger partial charge in [-0.05, 0) is 57.4 Å². The van der Waals surface area contributed by atoms with E-state index in [0.717, 1.165) is 43.7 Å². The monoisotopic (exact) mass is 370 g/mol. The van der Waals surface area contributed by atoms with Gasteiger partial charge in [0.25, 0.3) is 0 Å². The van der Waals surface area contributed by atoms with Gasteiger partial charge in [-0.3, -0.25) is 14.8 Å². The lowest BCUT2D eigenvalue weighted by molar-refractivity contribution is -0.139. The number of aliphatic carboxylic acids is 1. The first-order chi connectivity index (χ1) is 13.1. The van der Waals surface area contributed by atoms with Crippen LogP contribution < -0.4 is 5.32 Å². The summed E-state index contributed by atoms with van der Waals surface area (Å²) in [5.41, 5.74) is 2.24. The highest BCUT2D eigenvalue weighted by molar-refractivity contribution is 5.81. The van der Waals surface area contributed by atoms with Crippen molar-refractivity contribution >= 4 is 16.9 Å². The molecular formula is C21H30N4O2. The molecule has 4 rings (SSSR count). The number of aromatic nitrogens is 2. The molecule has 0 radical (unpaired) electrons. The van der Waals surface area contributed by atoms with Crippen molar-refractivity contribution in [2.45, 2.75) is 63.6 Å². The molecule has 0 aliphatic heterocycles. The molecule has 2 aliphatic rings. The highest BCUT2D eigenvalue weighted by atomic mass is 16.4. The third-order valence-corrected chi connectivity index (χ3v) is 6.05. The number of benzene rings is 1. The number of hydrogen-bond acceptors (Lipinski definition) is 4. The van der Waals surface area contributed by atoms with E-state index in [9.17, 15) is 4.79 Å². The van der Waals surface area contributed by atoms with Crippen LogP contribution in [0.2, 0.25) is 0 Å². The molecule has 0 bridgehead atoms. The van der Waals surface area contributed by atoms with Crippen LogP contribution in [-0.2, 0) is 11.2 Å². The lowest BCUT2D eigenvalue weighted by Crippen LogP contribution is -2.55. The van der Waals surface area contributed by atoms with Gasteiger partial charge in [0, 0.05) is 35.8 Å². The number of carboxylic acids is 1. The Balaban J connectivity index is 1.21. The smallest absolute Gasteiger partial charge is 0.317 e. The fourth-order valence-electron chi connectivity index (χ4n) is 4.22. The van der Waals surface area contributed by atoms with Gasteiger partial charge in [-0.25, -0.2) is 0 Å². The number of rotatable bonds is 10. The second-order valence-corrected chi connectivity index (χ2v) is 8.41. The Labute approximate surface area is 160 Å². The number of nitrogens with zero attached hydrogens (tertiary/aromatic N) is 2. The summed E-state index contributed by atoms with van der Waals surface area (Å²) in [5.74, 6) is 0.0340. The second kappa shape index (κ2) is 7.98. The Hall–Kier alpha value is -1.92. The number of carboxylic acid groups (broad SMARTS) is 1. The summed E-state index contributed by atoms with van der Waals surface area (Å²) in [6, 6.07) is 9.62. The third-order valence-electron chi connectivity index (χ3n) is 6.05. The van der Waals surface area contributed by atoms with Crippen LogP contribution in [0.3, 0.4) is 0 Å². The number of nitrogens with one attached hydrogen (secondary N) is 2. The molecule has 2 aliphatic carbocycles. The van der Waals surface area contributed by atoms with Gasteiger partial charge in [0.2, 0.25) is 0 Å². The summed E-state index contributed by atoms with van der Waals surface area (Å²) < 4.78 is 0. The molecule has 1 aromatic heterocycles. The number of carbonyl (C=O) groups is 1. The Morgan fingerprint density at radius 2 is 2.15 bits per heavy atom. The number of para-hydroxylation sites is 1. The van der Waals surface area contributed by atoms with Gasteiger partial charge in [-0.15, -0.1) is 0 Å². The molecule has 27 heavy (non-hydrogen) atoms. The Kier molecular flexibility index (Phi) is 5.45. The van der Waals surface area contributed by atoms with Crippen LogP contribution in [0.4, 0.5) is 0 Å². The molecule has 6 nitrogen and oxygen atoms in total. The van der Waals surface area contributed by atoms with Crippen molar-refractivity contribution in [3.05, 3.63) is 30.0 Å². The lowest BCUT2D eigenvalue weighted by Gasteiger charge is -2.44. The van der Waals surface area contributed by atoms with E-state index in [2.05, 4.69) is 39.5 Å². The Morgan fingerprint density at radius 3 is 2.89 bits per heavy atom. The maximum absolute atomic E-state index is 11.1. The van der Waals surface area contributed by atoms with Gasteiger partial charge < -0.3 is 10.4 Å². The summed E-state index contributed by atoms with van der Waals surface area (Å²) in [6.45, 7) is 3.40. The molecule has 146 valence electrons. The summed E-state index contributed by atoms with van der Waals surface area (Å²) >= 11 is 0. The van der Waals surface area contributed by atoms with Crippen LogP contribution in [-0.4, -0.2) is 57.4 Å². The zero-order valence-electron chi connectivity index (χ0n) is 16.0. The maximum atomic E-state index is 11.1. The standard InChI is InChI=1S/C21H30N4O2/c1-14(6-9-20-18-4-2-3-5-19(18)23-24-20)22-16-10-17(11-16)25(13-21(26)27)12-15-7-8-15/h2-5,14-17,22H,6-13H2,1H3,(H,23,24)(H,26,27). The molecule has 1 aromatic carbocycles. The number of aromatic amines is 1. The molecule has 0 amide bonds. The lowest BCUT2D eigenvalue weighted by atomic mass is 9.84. The van der Waals surface area contributed by atoms with E-state index in [1.165, 1.54) is 23.9 Å². The number of hydrogen-bond donors (Lipinski definition) is 3. The zero-order valence-corrected chi connectivity index (χ0v) is 16.0. The Bertz CT molecular complexity index is 779. The highest BCUT2D eigenvalue weighted by Gasteiger charge is 2.37. The topological polar surface area (TPSA) is 81.2 Å². The fourth-order valence-corrected chi connectivity index (χ4v) is 4.22. The normalized spacial score (nSPS) is 23.5. The predicted octanol–water partition coefficient (Wildman–Crippen LogP) is 2.80. The van der Waals surface area contributed by atoms with Gasteiger partial charge in [0.1, 0.15) is 0 Å². The minimum Gasteiger partial charge on any atom is -0.480 e. The Morgan fingerprint density at radius 1 is 1.37 bits per heavy atom. The van der Waals surface area contributed by atoms with E-state index in [4.69, 9.17) is 5.11 Å². The molecule has 1 atom stereocenters. The third kappa shape index (κ3) is 4.68. The van der Waals surface area contributed by atoms with E-state index in [0.29, 0.717) is 18.1 Å². The van der Waals surface area contributed by atoms with E-state index in [1.807, 2.05) is 12.1 Å². The average molecular weight is 370 g/mol. The largest absolute Gasteiger partial charge is 0.480 e. The van der Waals surface area contributed by atoms with Crippen molar-refractivity contribution in [2.75, 3.05) is 13.1 Å². The van der Waals surface area contributed by atoms with Crippen molar-refractivity contribution in [2.24, 2.45) is 5.92 Å². The van der Waals surface area contributed by atoms with Crippen LogP contribution in [0, 0.1) is 5.92 Å². The molecule has 2 fully saturated rings. The number of H-pyrrole nitrogens is 1. The molecule has 3 N–H and O–H groups in total. The van der Waals surface area contributed by atoms with Crippen LogP contribution in [0.1, 0.15) is 44.7 Å². The highest BCUT2D eigenvalue weighted by Crippen LogP contribution is 2.34. The minimum absolute atomic E-state index is 0.191. The zero-order chi connectivity index (χ0) is 18.8. The molecule has 0 spiro atoms. The van der Waals surface area contributed by atoms with Crippen molar-refractivity contribution in [3.63, 3.8) is 0 Å². The molecule has 6 heteroatoms. The van der Waals surface area contributed by atoms with Crippen molar-refractivity contribution in [3.8, 4) is 0 Å². The van der Waals surface area contributed by atoms with E-state index in [1.54, 1.807) is 0 Å². The van der Waals surface area contributed by atoms with E-state index < -0.39 is 5.97 Å². The quantitative estimate of drug-likeness (QED) is 0.599. The first-order valence-electron chi connectivity index (χ1n) is 10.2. The number of aryl methyl sites for hydroxylation is 1. The van der Waals surface area contributed by atoms with E-state index in [-0.39, 0.29) is 6.54 Å². The molecular weight excluding hydrogens is 340 g/mol. The fraction of sp³-hybridized carbons (Fsp3) is 0.619. The molecule has 1 unspecified atom stereocenters. The van der Waals surface area contributed by atoms with Gasteiger partial charge in [0.15, 0.2) is 0 Å². The average Bonchev–Trinajstić information content (AvgIpc) is 3.32.